The third kappa shape index (κ3) is 5.57. The number of carboxylic acids is 1. The van der Waals surface area contributed by atoms with Crippen LogP contribution in [-0.2, 0) is 4.79 Å². The molecule has 0 aromatic rings. The molecule has 0 rings (SSSR count). The summed E-state index contributed by atoms with van der Waals surface area (Å²) < 4.78 is 8.06. The molecule has 9 heavy (non-hydrogen) atoms. The molecule has 0 saturated heterocycles. The number of carboxylic acid groups (broad SMARTS) is 1. The molecule has 0 fully saturated rings. The minimum absolute atomic E-state index is 0. The maximum absolute atomic E-state index is 9.84. The smallest absolute Gasteiger partial charge is 0.321 e. The second-order valence-electron chi connectivity index (χ2n) is 1.24. The van der Waals surface area contributed by atoms with Crippen LogP contribution in [0, 0.1) is 0 Å². The molecule has 0 aliphatic heterocycles. The van der Waals surface area contributed by atoms with Crippen LogP contribution in [0.15, 0.2) is 0 Å². The molecule has 0 aliphatic rings. The molecule has 6 N–H and O–H groups in total. The van der Waals surface area contributed by atoms with Crippen molar-refractivity contribution in [1.29, 1.82) is 0 Å². The van der Waals surface area contributed by atoms with E-state index in [-0.39, 0.29) is 11.2 Å². The molecule has 0 bridgehead atoms. The Labute approximate surface area is 56.4 Å². The fourth-order valence-electron chi connectivity index (χ4n) is 0.152. The van der Waals surface area contributed by atoms with Gasteiger partial charge in [-0.15, -0.1) is 0 Å². The summed E-state index contributed by atoms with van der Waals surface area (Å²) in [5.74, 6) is -1.05. The summed E-state index contributed by atoms with van der Waals surface area (Å²) >= 11 is 0.432. The zero-order chi connectivity index (χ0) is 6.57. The van der Waals surface area contributed by atoms with Gasteiger partial charge >= 0.3 is 5.97 Å². The number of hydrogen-bond acceptors (Lipinski definition) is 4. The Morgan fingerprint density at radius 2 is 2.22 bits per heavy atom. The molecular formula is C3H9NO4S. The van der Waals surface area contributed by atoms with Gasteiger partial charge in [-0.25, -0.2) is 0 Å². The van der Waals surface area contributed by atoms with Crippen LogP contribution >= 0.6 is 12.0 Å². The second kappa shape index (κ2) is 5.83. The van der Waals surface area contributed by atoms with E-state index in [1.54, 1.807) is 0 Å². The molecule has 0 heterocycles. The fourth-order valence-corrected chi connectivity index (χ4v) is 0.455. The summed E-state index contributed by atoms with van der Waals surface area (Å²) in [5.41, 5.74) is 4.95. The highest BCUT2D eigenvalue weighted by molar-refractivity contribution is 7.93. The molecule has 5 nitrogen and oxygen atoms in total. The zero-order valence-electron chi connectivity index (χ0n) is 4.57. The summed E-state index contributed by atoms with van der Waals surface area (Å²) in [6.45, 7) is 0. The highest BCUT2D eigenvalue weighted by Gasteiger charge is 2.09. The number of carbonyl (C=O) groups is 1. The van der Waals surface area contributed by atoms with Gasteiger partial charge in [0.15, 0.2) is 0 Å². The van der Waals surface area contributed by atoms with E-state index in [4.69, 9.17) is 15.4 Å². The lowest BCUT2D eigenvalue weighted by molar-refractivity contribution is -0.137. The Bertz CT molecular complexity index is 87.9. The average Bonchev–Trinajstić information content (AvgIpc) is 1.67. The van der Waals surface area contributed by atoms with Gasteiger partial charge in [0.05, 0.1) is 0 Å². The van der Waals surface area contributed by atoms with E-state index < -0.39 is 12.0 Å². The van der Waals surface area contributed by atoms with Crippen LogP contribution in [0.1, 0.15) is 0 Å². The monoisotopic (exact) mass is 155 g/mol. The number of hydrogen-bond donors (Lipinski definition) is 3. The van der Waals surface area contributed by atoms with Crippen LogP contribution in [0.2, 0.25) is 0 Å². The van der Waals surface area contributed by atoms with Crippen LogP contribution in [0.3, 0.4) is 0 Å². The fraction of sp³-hybridized carbons (Fsp3) is 0.667. The van der Waals surface area contributed by atoms with Gasteiger partial charge in [0.25, 0.3) is 0 Å². The van der Waals surface area contributed by atoms with Gasteiger partial charge in [-0.2, -0.15) is 0 Å². The first kappa shape index (κ1) is 11.5. The third-order valence-electron chi connectivity index (χ3n) is 0.571. The van der Waals surface area contributed by atoms with Crippen molar-refractivity contribution >= 4 is 18.0 Å². The largest absolute Gasteiger partial charge is 0.480 e. The molecule has 0 spiro atoms. The summed E-state index contributed by atoms with van der Waals surface area (Å²) in [7, 11) is 0. The summed E-state index contributed by atoms with van der Waals surface area (Å²) in [4.78, 5) is 9.84. The van der Waals surface area contributed by atoms with Crippen LogP contribution < -0.4 is 5.73 Å². The molecule has 0 aliphatic carbocycles. The molecule has 56 valence electrons. The Morgan fingerprint density at radius 1 is 1.78 bits per heavy atom. The van der Waals surface area contributed by atoms with Crippen molar-refractivity contribution in [2.75, 3.05) is 5.75 Å². The van der Waals surface area contributed by atoms with Crippen LogP contribution in [0.5, 0.6) is 0 Å². The van der Waals surface area contributed by atoms with Gasteiger partial charge in [-0.3, -0.25) is 4.79 Å². The van der Waals surface area contributed by atoms with Crippen LogP contribution in [0.25, 0.3) is 0 Å². The lowest BCUT2D eigenvalue weighted by Gasteiger charge is -1.99. The minimum atomic E-state index is -1.09. The Hall–Kier alpha value is -0.300. The zero-order valence-corrected chi connectivity index (χ0v) is 5.39. The van der Waals surface area contributed by atoms with Crippen molar-refractivity contribution in [3.05, 3.63) is 0 Å². The molecular weight excluding hydrogens is 146 g/mol. The summed E-state index contributed by atoms with van der Waals surface area (Å²) in [5, 5.41) is 8.06. The Balaban J connectivity index is 0. The third-order valence-corrected chi connectivity index (χ3v) is 1.08. The average molecular weight is 155 g/mol. The number of aliphatic carboxylic acids is 1. The number of nitrogens with two attached hydrogens (primary N) is 1. The molecule has 0 saturated carbocycles. The van der Waals surface area contributed by atoms with E-state index in [0.717, 1.165) is 0 Å². The highest BCUT2D eigenvalue weighted by atomic mass is 32.2. The van der Waals surface area contributed by atoms with E-state index in [1.165, 1.54) is 0 Å². The maximum Gasteiger partial charge on any atom is 0.321 e. The van der Waals surface area contributed by atoms with Gasteiger partial charge in [-0.05, 0) is 12.0 Å². The predicted molar refractivity (Wildman–Crippen MR) is 34.3 cm³/mol. The molecule has 0 amide bonds. The Morgan fingerprint density at radius 3 is 2.33 bits per heavy atom. The molecule has 0 unspecified atom stereocenters. The van der Waals surface area contributed by atoms with Crippen molar-refractivity contribution in [3.63, 3.8) is 0 Å². The van der Waals surface area contributed by atoms with E-state index in [2.05, 4.69) is 0 Å². The first-order valence-electron chi connectivity index (χ1n) is 1.93. The van der Waals surface area contributed by atoms with Gasteiger partial charge in [0.1, 0.15) is 6.04 Å². The first-order valence-corrected chi connectivity index (χ1v) is 2.87. The topological polar surface area (TPSA) is 115 Å². The maximum atomic E-state index is 9.84. The van der Waals surface area contributed by atoms with E-state index in [1.807, 2.05) is 0 Å². The quantitative estimate of drug-likeness (QED) is 0.442. The number of rotatable bonds is 3. The van der Waals surface area contributed by atoms with Crippen molar-refractivity contribution in [1.82, 2.24) is 0 Å². The molecule has 0 radical (unpaired) electrons. The molecule has 0 aromatic carbocycles. The van der Waals surface area contributed by atoms with Gasteiger partial charge in [0, 0.05) is 5.75 Å². The first-order chi connectivity index (χ1) is 3.68. The molecule has 6 heteroatoms. The van der Waals surface area contributed by atoms with Crippen molar-refractivity contribution < 1.29 is 19.9 Å². The van der Waals surface area contributed by atoms with Crippen molar-refractivity contribution in [2.24, 2.45) is 5.73 Å². The van der Waals surface area contributed by atoms with Crippen molar-refractivity contribution in [2.45, 2.75) is 6.04 Å². The van der Waals surface area contributed by atoms with Crippen LogP contribution in [0.4, 0.5) is 0 Å². The normalized spacial score (nSPS) is 11.8. The van der Waals surface area contributed by atoms with Gasteiger partial charge in [-0.1, -0.05) is 0 Å². The van der Waals surface area contributed by atoms with E-state index >= 15 is 0 Å². The summed E-state index contributed by atoms with van der Waals surface area (Å²) in [6, 6.07) is -0.954. The van der Waals surface area contributed by atoms with E-state index in [0.29, 0.717) is 12.0 Å². The predicted octanol–water partition coefficient (Wildman–Crippen LogP) is -1.22. The lowest BCUT2D eigenvalue weighted by atomic mass is 10.4. The molecule has 0 aromatic heterocycles. The minimum Gasteiger partial charge on any atom is -0.480 e. The molecule has 1 atom stereocenters. The Kier molecular flexibility index (Phi) is 7.44. The van der Waals surface area contributed by atoms with Gasteiger partial charge in [0.2, 0.25) is 0 Å². The van der Waals surface area contributed by atoms with Crippen LogP contribution in [-0.4, -0.2) is 32.9 Å². The van der Waals surface area contributed by atoms with Gasteiger partial charge < -0.3 is 20.9 Å². The SMILES string of the molecule is N[C@@H](CSO)C(=O)O.O. The van der Waals surface area contributed by atoms with E-state index in [9.17, 15) is 4.79 Å². The highest BCUT2D eigenvalue weighted by Crippen LogP contribution is 1.92. The van der Waals surface area contributed by atoms with Crippen molar-refractivity contribution in [3.8, 4) is 0 Å². The second-order valence-corrected chi connectivity index (χ2v) is 1.83. The summed E-state index contributed by atoms with van der Waals surface area (Å²) in [6.07, 6.45) is 0. The lowest BCUT2D eigenvalue weighted by Crippen LogP contribution is -2.32. The standard InChI is InChI=1S/C3H7NO3S.H2O/c4-2(1-8-7)3(5)6;/h2,7H,1,4H2,(H,5,6);1H2/t2-;/m0./s1.